The van der Waals surface area contributed by atoms with E-state index in [0.717, 1.165) is 51.0 Å². The molecule has 2 fully saturated rings. The second-order valence-electron chi connectivity index (χ2n) is 9.96. The van der Waals surface area contributed by atoms with Crippen LogP contribution in [-0.4, -0.2) is 75.8 Å². The Kier molecular flexibility index (Phi) is 5.94. The molecule has 11 nitrogen and oxygen atoms in total. The Hall–Kier alpha value is -3.96. The monoisotopic (exact) mass is 515 g/mol. The number of hydrogen-bond donors (Lipinski definition) is 1. The second-order valence-corrected chi connectivity index (χ2v) is 9.96. The number of rotatable bonds is 6. The maximum Gasteiger partial charge on any atom is 0.253 e. The molecule has 1 N–H and O–H groups in total. The zero-order valence-corrected chi connectivity index (χ0v) is 21.0. The summed E-state index contributed by atoms with van der Waals surface area (Å²) in [6.07, 6.45) is 2.08. The highest BCUT2D eigenvalue weighted by atomic mass is 16.7. The molecule has 0 amide bonds. The fourth-order valence-electron chi connectivity index (χ4n) is 5.71. The quantitative estimate of drug-likeness (QED) is 0.414. The lowest BCUT2D eigenvalue weighted by Crippen LogP contribution is -2.49. The number of nitrogens with zero attached hydrogens (tertiary/aromatic N) is 6. The number of piperazine rings is 1. The molecule has 7 rings (SSSR count). The molecule has 0 spiro atoms. The normalized spacial score (nSPS) is 20.3. The highest BCUT2D eigenvalue weighted by Gasteiger charge is 2.34. The van der Waals surface area contributed by atoms with Gasteiger partial charge in [-0.1, -0.05) is 18.2 Å². The number of benzene rings is 2. The summed E-state index contributed by atoms with van der Waals surface area (Å²) in [6.45, 7) is 4.67. The number of para-hydroxylation sites is 1. The first-order chi connectivity index (χ1) is 18.7. The van der Waals surface area contributed by atoms with E-state index in [-0.39, 0.29) is 18.5 Å². The molecule has 0 radical (unpaired) electrons. The third-order valence-electron chi connectivity index (χ3n) is 7.67. The Labute approximate surface area is 218 Å². The SMILES string of the molecule is O=c1[nH]c2cc3c(cc2cc1[C@@H](c1nnnn1C[C@H]1CCCO1)N1CCN(c2ccccc2)CC1)OCO3. The predicted molar refractivity (Wildman–Crippen MR) is 140 cm³/mol. The average molecular weight is 516 g/mol. The smallest absolute Gasteiger partial charge is 0.253 e. The molecule has 0 unspecified atom stereocenters. The van der Waals surface area contributed by atoms with Crippen molar-refractivity contribution in [3.8, 4) is 11.5 Å². The zero-order valence-electron chi connectivity index (χ0n) is 21.0. The van der Waals surface area contributed by atoms with Crippen LogP contribution in [0.2, 0.25) is 0 Å². The number of fused-ring (bicyclic) bond motifs is 2. The number of nitrogens with one attached hydrogen (secondary N) is 1. The summed E-state index contributed by atoms with van der Waals surface area (Å²) in [7, 11) is 0. The molecule has 2 atom stereocenters. The Morgan fingerprint density at radius 1 is 1.03 bits per heavy atom. The van der Waals surface area contributed by atoms with Crippen LogP contribution >= 0.6 is 0 Å². The van der Waals surface area contributed by atoms with Gasteiger partial charge in [-0.3, -0.25) is 9.69 Å². The Morgan fingerprint density at radius 2 is 1.84 bits per heavy atom. The Morgan fingerprint density at radius 3 is 2.63 bits per heavy atom. The summed E-state index contributed by atoms with van der Waals surface area (Å²) in [5.41, 5.74) is 2.34. The predicted octanol–water partition coefficient (Wildman–Crippen LogP) is 2.33. The van der Waals surface area contributed by atoms with Gasteiger partial charge in [0.1, 0.15) is 6.04 Å². The highest BCUT2D eigenvalue weighted by Crippen LogP contribution is 2.36. The molecule has 0 bridgehead atoms. The number of pyridine rings is 1. The second kappa shape index (κ2) is 9.73. The van der Waals surface area contributed by atoms with Gasteiger partial charge < -0.3 is 24.1 Å². The van der Waals surface area contributed by atoms with Crippen molar-refractivity contribution in [2.45, 2.75) is 31.5 Å². The summed E-state index contributed by atoms with van der Waals surface area (Å²) >= 11 is 0. The average Bonchev–Trinajstić information content (AvgIpc) is 3.72. The van der Waals surface area contributed by atoms with Gasteiger partial charge in [0.05, 0.1) is 18.2 Å². The van der Waals surface area contributed by atoms with E-state index in [4.69, 9.17) is 14.2 Å². The summed E-state index contributed by atoms with van der Waals surface area (Å²) in [6, 6.07) is 15.7. The van der Waals surface area contributed by atoms with Crippen LogP contribution in [0.25, 0.3) is 10.9 Å². The molecular formula is C27H29N7O4. The maximum atomic E-state index is 13.6. The van der Waals surface area contributed by atoms with Crippen LogP contribution in [-0.2, 0) is 11.3 Å². The summed E-state index contributed by atoms with van der Waals surface area (Å²) < 4.78 is 18.8. The van der Waals surface area contributed by atoms with Crippen LogP contribution in [0, 0.1) is 0 Å². The number of tetrazole rings is 1. The van der Waals surface area contributed by atoms with Crippen LogP contribution in [0.4, 0.5) is 5.69 Å². The van der Waals surface area contributed by atoms with Crippen LogP contribution in [0.5, 0.6) is 11.5 Å². The number of aromatic amines is 1. The summed E-state index contributed by atoms with van der Waals surface area (Å²) in [5, 5.41) is 13.7. The molecule has 0 aliphatic carbocycles. The molecule has 38 heavy (non-hydrogen) atoms. The largest absolute Gasteiger partial charge is 0.454 e. The van der Waals surface area contributed by atoms with E-state index in [0.29, 0.717) is 34.9 Å². The van der Waals surface area contributed by atoms with Crippen molar-refractivity contribution in [1.29, 1.82) is 0 Å². The minimum atomic E-state index is -0.414. The number of ether oxygens (including phenoxy) is 3. The molecule has 5 heterocycles. The lowest BCUT2D eigenvalue weighted by Gasteiger charge is -2.39. The molecule has 11 heteroatoms. The van der Waals surface area contributed by atoms with E-state index in [2.05, 4.69) is 54.6 Å². The summed E-state index contributed by atoms with van der Waals surface area (Å²) in [5.74, 6) is 1.96. The van der Waals surface area contributed by atoms with Crippen LogP contribution in [0.1, 0.15) is 30.3 Å². The maximum absolute atomic E-state index is 13.6. The number of hydrogen-bond acceptors (Lipinski definition) is 9. The van der Waals surface area contributed by atoms with Gasteiger partial charge in [0.2, 0.25) is 6.79 Å². The van der Waals surface area contributed by atoms with Gasteiger partial charge in [-0.05, 0) is 47.5 Å². The van der Waals surface area contributed by atoms with E-state index in [9.17, 15) is 4.79 Å². The van der Waals surface area contributed by atoms with Gasteiger partial charge in [-0.25, -0.2) is 4.68 Å². The number of H-pyrrole nitrogens is 1. The molecule has 196 valence electrons. The lowest BCUT2D eigenvalue weighted by molar-refractivity contribution is 0.0906. The van der Waals surface area contributed by atoms with Crippen molar-refractivity contribution in [3.05, 3.63) is 70.3 Å². The molecule has 0 saturated carbocycles. The third kappa shape index (κ3) is 4.27. The zero-order chi connectivity index (χ0) is 25.5. The van der Waals surface area contributed by atoms with Crippen molar-refractivity contribution in [1.82, 2.24) is 30.1 Å². The van der Waals surface area contributed by atoms with Crippen molar-refractivity contribution in [3.63, 3.8) is 0 Å². The third-order valence-corrected chi connectivity index (χ3v) is 7.67. The van der Waals surface area contributed by atoms with Crippen LogP contribution in [0.15, 0.2) is 53.3 Å². The lowest BCUT2D eigenvalue weighted by atomic mass is 10.0. The van der Waals surface area contributed by atoms with Gasteiger partial charge in [-0.15, -0.1) is 5.10 Å². The Balaban J connectivity index is 1.27. The molecule has 2 saturated heterocycles. The molecular weight excluding hydrogens is 486 g/mol. The van der Waals surface area contributed by atoms with Crippen LogP contribution < -0.4 is 19.9 Å². The fourth-order valence-corrected chi connectivity index (χ4v) is 5.71. The van der Waals surface area contributed by atoms with Crippen molar-refractivity contribution in [2.75, 3.05) is 44.5 Å². The molecule has 2 aromatic carbocycles. The minimum Gasteiger partial charge on any atom is -0.454 e. The van der Waals surface area contributed by atoms with Crippen molar-refractivity contribution >= 4 is 16.6 Å². The number of anilines is 1. The topological polar surface area (TPSA) is 111 Å². The molecule has 2 aromatic heterocycles. The highest BCUT2D eigenvalue weighted by molar-refractivity contribution is 5.83. The van der Waals surface area contributed by atoms with E-state index in [1.807, 2.05) is 28.9 Å². The van der Waals surface area contributed by atoms with Gasteiger partial charge in [0, 0.05) is 55.5 Å². The van der Waals surface area contributed by atoms with Crippen molar-refractivity contribution in [2.24, 2.45) is 0 Å². The molecule has 4 aromatic rings. The van der Waals surface area contributed by atoms with Gasteiger partial charge in [0.25, 0.3) is 5.56 Å². The first-order valence-corrected chi connectivity index (χ1v) is 13.1. The first-order valence-electron chi connectivity index (χ1n) is 13.1. The molecule has 3 aliphatic heterocycles. The van der Waals surface area contributed by atoms with Gasteiger partial charge in [0.15, 0.2) is 17.3 Å². The van der Waals surface area contributed by atoms with E-state index < -0.39 is 6.04 Å². The van der Waals surface area contributed by atoms with Crippen LogP contribution in [0.3, 0.4) is 0 Å². The summed E-state index contributed by atoms with van der Waals surface area (Å²) in [4.78, 5) is 21.3. The van der Waals surface area contributed by atoms with E-state index in [1.165, 1.54) is 5.69 Å². The van der Waals surface area contributed by atoms with E-state index >= 15 is 0 Å². The van der Waals surface area contributed by atoms with E-state index in [1.54, 1.807) is 0 Å². The molecule has 3 aliphatic rings. The van der Waals surface area contributed by atoms with Gasteiger partial charge in [-0.2, -0.15) is 0 Å². The first kappa shape index (κ1) is 23.2. The standard InChI is InChI=1S/C27H29N7O4/c35-27-21(13-18-14-23-24(38-17-37-23)15-22(18)28-27)25(26-29-30-31-34(26)16-20-7-4-12-36-20)33-10-8-32(9-11-33)19-5-2-1-3-6-19/h1-3,5-6,13-15,20,25H,4,7-12,16-17H2,(H,28,35)/t20-,25+/m1/s1. The minimum absolute atomic E-state index is 0.0717. The van der Waals surface area contributed by atoms with Crippen molar-refractivity contribution < 1.29 is 14.2 Å². The number of aromatic nitrogens is 5. The fraction of sp³-hybridized carbons (Fsp3) is 0.407. The Bertz CT molecular complexity index is 1490. The van der Waals surface area contributed by atoms with Gasteiger partial charge >= 0.3 is 0 Å².